The van der Waals surface area contributed by atoms with Gasteiger partial charge in [0, 0.05) is 6.04 Å². The monoisotopic (exact) mass is 306 g/mol. The molecule has 5 heteroatoms. The van der Waals surface area contributed by atoms with Crippen molar-refractivity contribution in [3.05, 3.63) is 24.3 Å². The van der Waals surface area contributed by atoms with Crippen LogP contribution >= 0.6 is 0 Å². The summed E-state index contributed by atoms with van der Waals surface area (Å²) in [5, 5.41) is 5.80. The van der Waals surface area contributed by atoms with Crippen molar-refractivity contribution in [3.8, 4) is 11.5 Å². The Hall–Kier alpha value is -1.91. The Kier molecular flexibility index (Phi) is 6.37. The van der Waals surface area contributed by atoms with E-state index in [-0.39, 0.29) is 18.2 Å². The number of benzene rings is 1. The van der Waals surface area contributed by atoms with Crippen LogP contribution in [0.4, 0.5) is 4.79 Å². The van der Waals surface area contributed by atoms with Crippen LogP contribution in [0.1, 0.15) is 39.5 Å². The molecule has 0 bridgehead atoms. The fourth-order valence-corrected chi connectivity index (χ4v) is 2.42. The van der Waals surface area contributed by atoms with Crippen molar-refractivity contribution < 1.29 is 14.3 Å². The highest BCUT2D eigenvalue weighted by atomic mass is 16.6. The van der Waals surface area contributed by atoms with Gasteiger partial charge in [-0.15, -0.1) is 0 Å². The van der Waals surface area contributed by atoms with E-state index in [0.29, 0.717) is 13.2 Å². The average molecular weight is 306 g/mol. The van der Waals surface area contributed by atoms with Crippen molar-refractivity contribution in [1.82, 2.24) is 10.6 Å². The van der Waals surface area contributed by atoms with Crippen LogP contribution < -0.4 is 20.1 Å². The van der Waals surface area contributed by atoms with Crippen molar-refractivity contribution in [2.45, 2.75) is 51.7 Å². The number of rotatable bonds is 7. The van der Waals surface area contributed by atoms with Crippen molar-refractivity contribution in [3.63, 3.8) is 0 Å². The summed E-state index contributed by atoms with van der Waals surface area (Å²) in [6.45, 7) is 5.09. The Bertz CT molecular complexity index is 479. The van der Waals surface area contributed by atoms with Crippen LogP contribution in [0.5, 0.6) is 11.5 Å². The van der Waals surface area contributed by atoms with Gasteiger partial charge in [-0.1, -0.05) is 38.3 Å². The molecule has 0 aliphatic carbocycles. The van der Waals surface area contributed by atoms with Crippen molar-refractivity contribution in [1.29, 1.82) is 0 Å². The number of carbonyl (C=O) groups is 1. The first-order valence-electron chi connectivity index (χ1n) is 8.12. The van der Waals surface area contributed by atoms with E-state index in [4.69, 9.17) is 9.47 Å². The molecule has 0 saturated carbocycles. The third-order valence-electron chi connectivity index (χ3n) is 3.68. The molecule has 2 amide bonds. The first-order chi connectivity index (χ1) is 10.7. The number of carbonyl (C=O) groups excluding carboxylic acids is 1. The van der Waals surface area contributed by atoms with E-state index in [2.05, 4.69) is 17.6 Å². The van der Waals surface area contributed by atoms with Crippen LogP contribution in [0, 0.1) is 0 Å². The Morgan fingerprint density at radius 2 is 2.09 bits per heavy atom. The number of unbranched alkanes of at least 4 members (excludes halogenated alkanes) is 2. The highest BCUT2D eigenvalue weighted by Gasteiger charge is 2.21. The molecular weight excluding hydrogens is 280 g/mol. The number of ether oxygens (including phenoxy) is 2. The van der Waals surface area contributed by atoms with Gasteiger partial charge in [-0.05, 0) is 25.5 Å². The van der Waals surface area contributed by atoms with Gasteiger partial charge >= 0.3 is 6.03 Å². The molecule has 0 fully saturated rings. The predicted octanol–water partition coefficient (Wildman–Crippen LogP) is 3.09. The molecule has 5 nitrogen and oxygen atoms in total. The largest absolute Gasteiger partial charge is 0.486 e. The quantitative estimate of drug-likeness (QED) is 0.761. The minimum Gasteiger partial charge on any atom is -0.486 e. The second-order valence-corrected chi connectivity index (χ2v) is 5.75. The maximum absolute atomic E-state index is 11.9. The summed E-state index contributed by atoms with van der Waals surface area (Å²) in [5.74, 6) is 1.49. The van der Waals surface area contributed by atoms with Crippen LogP contribution in [-0.4, -0.2) is 31.3 Å². The highest BCUT2D eigenvalue weighted by Crippen LogP contribution is 2.30. The molecule has 2 unspecified atom stereocenters. The van der Waals surface area contributed by atoms with Gasteiger partial charge in [-0.2, -0.15) is 0 Å². The van der Waals surface area contributed by atoms with E-state index in [1.165, 1.54) is 12.8 Å². The van der Waals surface area contributed by atoms with E-state index in [1.807, 2.05) is 31.2 Å². The van der Waals surface area contributed by atoms with E-state index >= 15 is 0 Å². The number of amides is 2. The number of urea groups is 1. The van der Waals surface area contributed by atoms with Crippen LogP contribution in [0.3, 0.4) is 0 Å². The van der Waals surface area contributed by atoms with Crippen molar-refractivity contribution in [2.24, 2.45) is 0 Å². The second-order valence-electron chi connectivity index (χ2n) is 5.75. The molecule has 2 rings (SSSR count). The van der Waals surface area contributed by atoms with Crippen molar-refractivity contribution in [2.75, 3.05) is 13.2 Å². The molecule has 0 saturated heterocycles. The Morgan fingerprint density at radius 3 is 2.86 bits per heavy atom. The number of nitrogens with one attached hydrogen (secondary N) is 2. The first-order valence-corrected chi connectivity index (χ1v) is 8.12. The van der Waals surface area contributed by atoms with Crippen LogP contribution in [-0.2, 0) is 0 Å². The molecule has 2 N–H and O–H groups in total. The molecule has 2 atom stereocenters. The molecule has 1 aromatic carbocycles. The summed E-state index contributed by atoms with van der Waals surface area (Å²) in [6, 6.07) is 7.61. The summed E-state index contributed by atoms with van der Waals surface area (Å²) < 4.78 is 11.4. The second kappa shape index (κ2) is 8.51. The highest BCUT2D eigenvalue weighted by molar-refractivity contribution is 5.74. The number of hydrogen-bond acceptors (Lipinski definition) is 3. The molecule has 0 spiro atoms. The smallest absolute Gasteiger partial charge is 0.315 e. The molecule has 1 aromatic rings. The average Bonchev–Trinajstić information content (AvgIpc) is 2.53. The lowest BCUT2D eigenvalue weighted by molar-refractivity contribution is 0.0917. The summed E-state index contributed by atoms with van der Waals surface area (Å²) in [5.41, 5.74) is 0. The maximum Gasteiger partial charge on any atom is 0.315 e. The van der Waals surface area contributed by atoms with E-state index in [0.717, 1.165) is 24.3 Å². The van der Waals surface area contributed by atoms with Gasteiger partial charge in [0.05, 0.1) is 6.54 Å². The Balaban J connectivity index is 1.67. The van der Waals surface area contributed by atoms with Gasteiger partial charge in [0.2, 0.25) is 0 Å². The summed E-state index contributed by atoms with van der Waals surface area (Å²) in [7, 11) is 0. The Labute approximate surface area is 132 Å². The molecule has 1 aliphatic rings. The van der Waals surface area contributed by atoms with Crippen molar-refractivity contribution >= 4 is 6.03 Å². The summed E-state index contributed by atoms with van der Waals surface area (Å²) in [6.07, 6.45) is 4.40. The summed E-state index contributed by atoms with van der Waals surface area (Å²) in [4.78, 5) is 11.9. The van der Waals surface area contributed by atoms with Crippen LogP contribution in [0.2, 0.25) is 0 Å². The van der Waals surface area contributed by atoms with Crippen LogP contribution in [0.15, 0.2) is 24.3 Å². The maximum atomic E-state index is 11.9. The van der Waals surface area contributed by atoms with Gasteiger partial charge in [-0.3, -0.25) is 0 Å². The molecule has 0 aromatic heterocycles. The van der Waals surface area contributed by atoms with Gasteiger partial charge in [0.15, 0.2) is 17.6 Å². The van der Waals surface area contributed by atoms with Gasteiger partial charge in [0.25, 0.3) is 0 Å². The number of hydrogen-bond donors (Lipinski definition) is 2. The minimum atomic E-state index is -0.156. The van der Waals surface area contributed by atoms with Gasteiger partial charge in [-0.25, -0.2) is 4.79 Å². The minimum absolute atomic E-state index is 0.147. The lowest BCUT2D eigenvalue weighted by Gasteiger charge is -2.26. The topological polar surface area (TPSA) is 59.6 Å². The zero-order chi connectivity index (χ0) is 15.8. The normalized spacial score (nSPS) is 17.6. The summed E-state index contributed by atoms with van der Waals surface area (Å²) >= 11 is 0. The Morgan fingerprint density at radius 1 is 1.32 bits per heavy atom. The number of para-hydroxylation sites is 2. The SMILES string of the molecule is CCCCCC(C)NC(=O)NCC1COc2ccccc2O1. The molecule has 1 heterocycles. The third-order valence-corrected chi connectivity index (χ3v) is 3.68. The van der Waals surface area contributed by atoms with Gasteiger partial charge < -0.3 is 20.1 Å². The van der Waals surface area contributed by atoms with E-state index in [9.17, 15) is 4.79 Å². The lowest BCUT2D eigenvalue weighted by atomic mass is 10.1. The fraction of sp³-hybridized carbons (Fsp3) is 0.588. The van der Waals surface area contributed by atoms with E-state index < -0.39 is 0 Å². The fourth-order valence-electron chi connectivity index (χ4n) is 2.42. The third kappa shape index (κ3) is 5.13. The number of fused-ring (bicyclic) bond motifs is 1. The lowest BCUT2D eigenvalue weighted by Crippen LogP contribution is -2.46. The molecule has 0 radical (unpaired) electrons. The van der Waals surface area contributed by atoms with E-state index in [1.54, 1.807) is 0 Å². The molecular formula is C17H26N2O3. The predicted molar refractivity (Wildman–Crippen MR) is 86.5 cm³/mol. The molecule has 1 aliphatic heterocycles. The zero-order valence-corrected chi connectivity index (χ0v) is 13.4. The standard InChI is InChI=1S/C17H26N2O3/c1-3-4-5-8-13(2)19-17(20)18-11-14-12-21-15-9-6-7-10-16(15)22-14/h6-7,9-10,13-14H,3-5,8,11-12H2,1-2H3,(H2,18,19,20). The zero-order valence-electron chi connectivity index (χ0n) is 13.4. The van der Waals surface area contributed by atoms with Crippen LogP contribution in [0.25, 0.3) is 0 Å². The first kappa shape index (κ1) is 16.5. The van der Waals surface area contributed by atoms with Gasteiger partial charge in [0.1, 0.15) is 6.61 Å². The molecule has 122 valence electrons. The molecule has 22 heavy (non-hydrogen) atoms.